The zero-order chi connectivity index (χ0) is 21.1. The van der Waals surface area contributed by atoms with Gasteiger partial charge in [0.25, 0.3) is 0 Å². The molecule has 0 fully saturated rings. The Morgan fingerprint density at radius 3 is 1.43 bits per heavy atom. The minimum Gasteiger partial charge on any atom is -0.463 e. The van der Waals surface area contributed by atoms with Crippen molar-refractivity contribution in [2.24, 2.45) is 0 Å². The van der Waals surface area contributed by atoms with Gasteiger partial charge < -0.3 is 4.74 Å². The zero-order valence-corrected chi connectivity index (χ0v) is 14.9. The molecule has 28 heavy (non-hydrogen) atoms. The molecular weight excluding hydrogens is 386 g/mol. The van der Waals surface area contributed by atoms with Crippen LogP contribution in [0.15, 0.2) is 54.1 Å². The van der Waals surface area contributed by atoms with E-state index in [0.29, 0.717) is 0 Å². The van der Waals surface area contributed by atoms with Gasteiger partial charge in [0.2, 0.25) is 0 Å². The summed E-state index contributed by atoms with van der Waals surface area (Å²) in [6.45, 7) is 3.06. The van der Waals surface area contributed by atoms with Crippen molar-refractivity contribution in [3.63, 3.8) is 0 Å². The van der Waals surface area contributed by atoms with E-state index in [1.54, 1.807) is 6.92 Å². The van der Waals surface area contributed by atoms with Crippen LogP contribution in [0, 0.1) is 0 Å². The number of carbonyl (C=O) groups excluding carboxylic acids is 1. The molecule has 0 aromatic heterocycles. The third kappa shape index (κ3) is 4.94. The molecule has 2 rings (SSSR count). The Balaban J connectivity index is 2.58. The van der Waals surface area contributed by atoms with Crippen LogP contribution in [0.2, 0.25) is 0 Å². The Labute approximate surface area is 157 Å². The number of benzene rings is 2. The summed E-state index contributed by atoms with van der Waals surface area (Å²) in [6.07, 6.45) is -9.07. The Morgan fingerprint density at radius 2 is 1.14 bits per heavy atom. The molecule has 0 atom stereocenters. The molecule has 0 aliphatic heterocycles. The van der Waals surface area contributed by atoms with Crippen LogP contribution < -0.4 is 0 Å². The second kappa shape index (κ2) is 8.08. The smallest absolute Gasteiger partial charge is 0.416 e. The van der Waals surface area contributed by atoms with Crippen LogP contribution in [0.3, 0.4) is 0 Å². The highest BCUT2D eigenvalue weighted by Gasteiger charge is 2.31. The quantitative estimate of drug-likeness (QED) is 0.350. The second-order valence-electron chi connectivity index (χ2n) is 5.87. The van der Waals surface area contributed by atoms with E-state index in [4.69, 9.17) is 4.74 Å². The lowest BCUT2D eigenvalue weighted by atomic mass is 9.92. The highest BCUT2D eigenvalue weighted by atomic mass is 19.4. The molecule has 2 aromatic rings. The predicted octanol–water partition coefficient (Wildman–Crippen LogP) is 6.11. The molecule has 0 radical (unpaired) electrons. The van der Waals surface area contributed by atoms with Crippen LogP contribution in [0.5, 0.6) is 0 Å². The van der Waals surface area contributed by atoms with Crippen molar-refractivity contribution in [3.05, 3.63) is 76.4 Å². The lowest BCUT2D eigenvalue weighted by Gasteiger charge is -2.15. The molecular formula is C20H16F6O2. The number of hydrogen-bond donors (Lipinski definition) is 0. The first kappa shape index (κ1) is 21.5. The highest BCUT2D eigenvalue weighted by molar-refractivity contribution is 6.01. The number of esters is 1. The average Bonchev–Trinajstić information content (AvgIpc) is 2.61. The third-order valence-corrected chi connectivity index (χ3v) is 3.96. The molecule has 8 heteroatoms. The lowest BCUT2D eigenvalue weighted by molar-refractivity contribution is -0.139. The molecule has 0 bridgehead atoms. The molecule has 0 saturated carbocycles. The van der Waals surface area contributed by atoms with Gasteiger partial charge in [-0.15, -0.1) is 0 Å². The van der Waals surface area contributed by atoms with Crippen LogP contribution in [0.4, 0.5) is 26.3 Å². The highest BCUT2D eigenvalue weighted by Crippen LogP contribution is 2.34. The second-order valence-corrected chi connectivity index (χ2v) is 5.87. The summed E-state index contributed by atoms with van der Waals surface area (Å²) in [7, 11) is 0. The summed E-state index contributed by atoms with van der Waals surface area (Å²) in [4.78, 5) is 12.1. The molecule has 0 spiro atoms. The topological polar surface area (TPSA) is 26.3 Å². The van der Waals surface area contributed by atoms with Crippen LogP contribution in [-0.2, 0) is 21.9 Å². The van der Waals surface area contributed by atoms with Gasteiger partial charge in [0.1, 0.15) is 0 Å². The van der Waals surface area contributed by atoms with Gasteiger partial charge in [0, 0.05) is 5.57 Å². The fourth-order valence-electron chi connectivity index (χ4n) is 2.59. The van der Waals surface area contributed by atoms with Crippen LogP contribution in [-0.4, -0.2) is 12.6 Å². The van der Waals surface area contributed by atoms with Crippen molar-refractivity contribution in [1.29, 1.82) is 0 Å². The summed E-state index contributed by atoms with van der Waals surface area (Å²) in [6, 6.07) is 8.04. The van der Waals surface area contributed by atoms with Crippen LogP contribution in [0.25, 0.3) is 5.57 Å². The fourth-order valence-corrected chi connectivity index (χ4v) is 2.59. The van der Waals surface area contributed by atoms with E-state index in [1.807, 2.05) is 0 Å². The molecule has 0 heterocycles. The summed E-state index contributed by atoms with van der Waals surface area (Å²) >= 11 is 0. The average molecular weight is 402 g/mol. The number of carbonyl (C=O) groups is 1. The first-order valence-corrected chi connectivity index (χ1v) is 8.18. The summed E-state index contributed by atoms with van der Waals surface area (Å²) in [5, 5.41) is 0. The minimum absolute atomic E-state index is 0.0707. The first-order valence-electron chi connectivity index (χ1n) is 8.18. The Hall–Kier alpha value is -2.77. The maximum Gasteiger partial charge on any atom is 0.416 e. The van der Waals surface area contributed by atoms with Crippen molar-refractivity contribution < 1.29 is 35.9 Å². The number of ether oxygens (including phenoxy) is 1. The summed E-state index contributed by atoms with van der Waals surface area (Å²) in [5.41, 5.74) is -0.993. The van der Waals surface area contributed by atoms with Crippen molar-refractivity contribution in [2.45, 2.75) is 26.2 Å². The molecule has 0 aliphatic carbocycles. The van der Waals surface area contributed by atoms with E-state index >= 15 is 0 Å². The van der Waals surface area contributed by atoms with Gasteiger partial charge >= 0.3 is 18.3 Å². The molecule has 0 aliphatic rings. The molecule has 0 amide bonds. The van der Waals surface area contributed by atoms with Crippen LogP contribution in [0.1, 0.15) is 36.1 Å². The summed E-state index contributed by atoms with van der Waals surface area (Å²) < 4.78 is 81.7. The van der Waals surface area contributed by atoms with E-state index in [-0.39, 0.29) is 28.9 Å². The van der Waals surface area contributed by atoms with Gasteiger partial charge in [-0.25, -0.2) is 4.79 Å². The van der Waals surface area contributed by atoms with Gasteiger partial charge in [0.05, 0.1) is 17.7 Å². The molecule has 2 nitrogen and oxygen atoms in total. The predicted molar refractivity (Wildman–Crippen MR) is 91.2 cm³/mol. The number of halogens is 6. The number of rotatable bonds is 4. The SMILES string of the molecule is CCOC(=O)C(C)=C(c1ccc(C(F)(F)F)cc1)c1ccc(C(F)(F)F)cc1. The van der Waals surface area contributed by atoms with Crippen LogP contribution >= 0.6 is 0 Å². The Bertz CT molecular complexity index is 800. The maximum atomic E-state index is 12.8. The van der Waals surface area contributed by atoms with Crippen molar-refractivity contribution in [3.8, 4) is 0 Å². The monoisotopic (exact) mass is 402 g/mol. The first-order chi connectivity index (χ1) is 12.9. The fraction of sp³-hybridized carbons (Fsp3) is 0.250. The van der Waals surface area contributed by atoms with Gasteiger partial charge in [-0.3, -0.25) is 0 Å². The van der Waals surface area contributed by atoms with E-state index in [9.17, 15) is 31.1 Å². The van der Waals surface area contributed by atoms with Gasteiger partial charge in [0.15, 0.2) is 0 Å². The molecule has 0 N–H and O–H groups in total. The number of hydrogen-bond acceptors (Lipinski definition) is 2. The summed E-state index contributed by atoms with van der Waals surface area (Å²) in [5.74, 6) is -0.711. The van der Waals surface area contributed by atoms with E-state index in [0.717, 1.165) is 24.3 Å². The number of alkyl halides is 6. The van der Waals surface area contributed by atoms with E-state index in [2.05, 4.69) is 0 Å². The molecule has 0 saturated heterocycles. The van der Waals surface area contributed by atoms with Crippen molar-refractivity contribution >= 4 is 11.5 Å². The third-order valence-electron chi connectivity index (χ3n) is 3.96. The van der Waals surface area contributed by atoms with Gasteiger partial charge in [-0.2, -0.15) is 26.3 Å². The van der Waals surface area contributed by atoms with Gasteiger partial charge in [-0.05, 0) is 54.8 Å². The Morgan fingerprint density at radius 1 is 0.786 bits per heavy atom. The van der Waals surface area contributed by atoms with E-state index < -0.39 is 29.4 Å². The standard InChI is InChI=1S/C20H16F6O2/c1-3-28-18(27)12(2)17(13-4-8-15(9-5-13)19(21,22)23)14-6-10-16(11-7-14)20(24,25)26/h4-11H,3H2,1-2H3. The molecule has 2 aromatic carbocycles. The zero-order valence-electron chi connectivity index (χ0n) is 14.9. The maximum absolute atomic E-state index is 12.8. The Kier molecular flexibility index (Phi) is 6.21. The lowest BCUT2D eigenvalue weighted by Crippen LogP contribution is -2.09. The molecule has 0 unspecified atom stereocenters. The minimum atomic E-state index is -4.53. The largest absolute Gasteiger partial charge is 0.463 e. The van der Waals surface area contributed by atoms with E-state index in [1.165, 1.54) is 31.2 Å². The van der Waals surface area contributed by atoms with Crippen molar-refractivity contribution in [2.75, 3.05) is 6.61 Å². The normalized spacial score (nSPS) is 11.9. The van der Waals surface area contributed by atoms with Crippen molar-refractivity contribution in [1.82, 2.24) is 0 Å². The van der Waals surface area contributed by atoms with Gasteiger partial charge in [-0.1, -0.05) is 24.3 Å². The molecule has 150 valence electrons.